The summed E-state index contributed by atoms with van der Waals surface area (Å²) in [4.78, 5) is 47.0. The van der Waals surface area contributed by atoms with Gasteiger partial charge in [-0.1, -0.05) is 72.8 Å². The van der Waals surface area contributed by atoms with E-state index >= 15 is 0 Å². The highest BCUT2D eigenvalue weighted by Crippen LogP contribution is 2.40. The number of aromatic carboxylic acids is 4. The Hall–Kier alpha value is -5.24. The highest BCUT2D eigenvalue weighted by Gasteiger charge is 2.36. The van der Waals surface area contributed by atoms with Gasteiger partial charge in [-0.05, 0) is 59.4 Å². The van der Waals surface area contributed by atoms with Gasteiger partial charge < -0.3 is 20.4 Å². The molecule has 4 aromatic rings. The summed E-state index contributed by atoms with van der Waals surface area (Å²) in [6.45, 7) is 0. The van der Waals surface area contributed by atoms with Gasteiger partial charge in [0.15, 0.2) is 0 Å². The predicted octanol–water partition coefficient (Wildman–Crippen LogP) is 5.25. The lowest BCUT2D eigenvalue weighted by molar-refractivity contribution is 0.0651. The minimum absolute atomic E-state index is 0.240. The molecule has 196 valence electrons. The molecular formula is C31H24O8. The van der Waals surface area contributed by atoms with Crippen molar-refractivity contribution in [3.8, 4) is 0 Å². The van der Waals surface area contributed by atoms with Crippen LogP contribution in [0, 0.1) is 0 Å². The van der Waals surface area contributed by atoms with Crippen LogP contribution in [-0.2, 0) is 18.3 Å². The van der Waals surface area contributed by atoms with E-state index in [2.05, 4.69) is 0 Å². The molecule has 0 atom stereocenters. The average Bonchev–Trinajstić information content (AvgIpc) is 2.93. The summed E-state index contributed by atoms with van der Waals surface area (Å²) in [6, 6.07) is 27.2. The SMILES string of the molecule is O=C(O)c1ccc(CC(Cc2ccc(C(=O)O)c(C(=O)O)c2)(c2ccccc2)c2ccccc2)cc1C(=O)O. The third-order valence-electron chi connectivity index (χ3n) is 6.75. The number of benzene rings is 4. The second kappa shape index (κ2) is 11.0. The van der Waals surface area contributed by atoms with E-state index in [1.165, 1.54) is 24.3 Å². The zero-order chi connectivity index (χ0) is 28.2. The van der Waals surface area contributed by atoms with Crippen LogP contribution in [0.25, 0.3) is 0 Å². The smallest absolute Gasteiger partial charge is 0.336 e. The van der Waals surface area contributed by atoms with Crippen molar-refractivity contribution in [3.63, 3.8) is 0 Å². The molecule has 0 spiro atoms. The molecule has 0 unspecified atom stereocenters. The van der Waals surface area contributed by atoms with Crippen molar-refractivity contribution in [2.24, 2.45) is 0 Å². The van der Waals surface area contributed by atoms with Crippen molar-refractivity contribution >= 4 is 23.9 Å². The maximum Gasteiger partial charge on any atom is 0.336 e. The summed E-state index contributed by atoms with van der Waals surface area (Å²) < 4.78 is 0. The molecule has 0 bridgehead atoms. The molecule has 4 N–H and O–H groups in total. The molecule has 0 aliphatic carbocycles. The van der Waals surface area contributed by atoms with Gasteiger partial charge in [-0.15, -0.1) is 0 Å². The Labute approximate surface area is 223 Å². The first kappa shape index (κ1) is 26.8. The molecule has 0 radical (unpaired) electrons. The molecule has 39 heavy (non-hydrogen) atoms. The van der Waals surface area contributed by atoms with E-state index < -0.39 is 29.3 Å². The average molecular weight is 525 g/mol. The van der Waals surface area contributed by atoms with Crippen LogP contribution in [0.3, 0.4) is 0 Å². The van der Waals surface area contributed by atoms with E-state index in [9.17, 15) is 39.6 Å². The number of carboxylic acids is 4. The number of hydrogen-bond acceptors (Lipinski definition) is 4. The summed E-state index contributed by atoms with van der Waals surface area (Å²) in [5.41, 5.74) is 0.644. The van der Waals surface area contributed by atoms with Crippen molar-refractivity contribution in [3.05, 3.63) is 142 Å². The van der Waals surface area contributed by atoms with E-state index in [0.717, 1.165) is 11.1 Å². The number of hydrogen-bond donors (Lipinski definition) is 4. The molecule has 0 saturated heterocycles. The summed E-state index contributed by atoms with van der Waals surface area (Å²) in [6.07, 6.45) is 0.481. The third kappa shape index (κ3) is 5.55. The standard InChI is InChI=1S/C31H24O8/c32-27(33)23-13-11-19(15-25(23)29(36)37)17-31(21-7-3-1-4-8-21,22-9-5-2-6-10-22)18-20-12-14-24(28(34)35)26(16-20)30(38)39/h1-16H,17-18H2,(H,32,33)(H,34,35)(H,36,37)(H,38,39). The second-order valence-corrected chi connectivity index (χ2v) is 9.15. The Bertz CT molecular complexity index is 1440. The zero-order valence-electron chi connectivity index (χ0n) is 20.6. The maximum absolute atomic E-state index is 11.9. The Morgan fingerprint density at radius 2 is 0.795 bits per heavy atom. The van der Waals surface area contributed by atoms with Crippen LogP contribution in [-0.4, -0.2) is 44.3 Å². The van der Waals surface area contributed by atoms with Crippen molar-refractivity contribution < 1.29 is 39.6 Å². The van der Waals surface area contributed by atoms with Crippen molar-refractivity contribution in [1.82, 2.24) is 0 Å². The number of carbonyl (C=O) groups is 4. The first-order valence-electron chi connectivity index (χ1n) is 11.9. The van der Waals surface area contributed by atoms with Gasteiger partial charge in [-0.25, -0.2) is 19.2 Å². The van der Waals surface area contributed by atoms with Crippen LogP contribution >= 0.6 is 0 Å². The normalized spacial score (nSPS) is 11.1. The van der Waals surface area contributed by atoms with Gasteiger partial charge in [0.25, 0.3) is 0 Å². The molecule has 8 nitrogen and oxygen atoms in total. The summed E-state index contributed by atoms with van der Waals surface area (Å²) >= 11 is 0. The summed E-state index contributed by atoms with van der Waals surface area (Å²) in [5, 5.41) is 38.3. The lowest BCUT2D eigenvalue weighted by Crippen LogP contribution is -2.33. The van der Waals surface area contributed by atoms with Gasteiger partial charge in [-0.2, -0.15) is 0 Å². The van der Waals surface area contributed by atoms with Crippen molar-refractivity contribution in [2.45, 2.75) is 18.3 Å². The topological polar surface area (TPSA) is 149 Å². The van der Waals surface area contributed by atoms with Gasteiger partial charge in [0.1, 0.15) is 0 Å². The largest absolute Gasteiger partial charge is 0.478 e. The fourth-order valence-electron chi connectivity index (χ4n) is 4.98. The molecule has 0 fully saturated rings. The van der Waals surface area contributed by atoms with E-state index in [-0.39, 0.29) is 35.1 Å². The fourth-order valence-corrected chi connectivity index (χ4v) is 4.98. The van der Waals surface area contributed by atoms with E-state index in [4.69, 9.17) is 0 Å². The highest BCUT2D eigenvalue weighted by atomic mass is 16.4. The summed E-state index contributed by atoms with van der Waals surface area (Å²) in [7, 11) is 0. The van der Waals surface area contributed by atoms with E-state index in [1.54, 1.807) is 12.1 Å². The maximum atomic E-state index is 11.9. The molecule has 4 rings (SSSR count). The van der Waals surface area contributed by atoms with Gasteiger partial charge in [-0.3, -0.25) is 0 Å². The first-order chi connectivity index (χ1) is 18.6. The molecule has 0 aliphatic rings. The zero-order valence-corrected chi connectivity index (χ0v) is 20.6. The first-order valence-corrected chi connectivity index (χ1v) is 11.9. The molecule has 0 aliphatic heterocycles. The Morgan fingerprint density at radius 1 is 0.462 bits per heavy atom. The van der Waals surface area contributed by atoms with Crippen LogP contribution in [0.1, 0.15) is 63.7 Å². The van der Waals surface area contributed by atoms with Crippen molar-refractivity contribution in [1.29, 1.82) is 0 Å². The molecule has 0 heterocycles. The van der Waals surface area contributed by atoms with Crippen LogP contribution in [0.5, 0.6) is 0 Å². The molecule has 4 aromatic carbocycles. The van der Waals surface area contributed by atoms with Crippen LogP contribution in [0.4, 0.5) is 0 Å². The lowest BCUT2D eigenvalue weighted by atomic mass is 9.66. The predicted molar refractivity (Wildman–Crippen MR) is 142 cm³/mol. The minimum Gasteiger partial charge on any atom is -0.478 e. The molecule has 0 saturated carbocycles. The molecule has 8 heteroatoms. The Morgan fingerprint density at radius 3 is 1.10 bits per heavy atom. The van der Waals surface area contributed by atoms with Crippen molar-refractivity contribution in [2.75, 3.05) is 0 Å². The minimum atomic E-state index is -1.37. The quantitative estimate of drug-likeness (QED) is 0.220. The van der Waals surface area contributed by atoms with Gasteiger partial charge in [0.2, 0.25) is 0 Å². The second-order valence-electron chi connectivity index (χ2n) is 9.15. The van der Waals surface area contributed by atoms with Crippen LogP contribution in [0.15, 0.2) is 97.1 Å². The summed E-state index contributed by atoms with van der Waals surface area (Å²) in [5.74, 6) is -5.43. The Balaban J connectivity index is 1.95. The molecule has 0 aromatic heterocycles. The molecular weight excluding hydrogens is 500 g/mol. The number of carboxylic acid groups (broad SMARTS) is 4. The monoisotopic (exact) mass is 524 g/mol. The van der Waals surface area contributed by atoms with Gasteiger partial charge in [0.05, 0.1) is 22.3 Å². The third-order valence-corrected chi connectivity index (χ3v) is 6.75. The lowest BCUT2D eigenvalue weighted by Gasteiger charge is -2.36. The number of rotatable bonds is 10. The van der Waals surface area contributed by atoms with E-state index in [0.29, 0.717) is 11.1 Å². The van der Waals surface area contributed by atoms with Gasteiger partial charge in [0, 0.05) is 5.41 Å². The van der Waals surface area contributed by atoms with Gasteiger partial charge >= 0.3 is 23.9 Å². The highest BCUT2D eigenvalue weighted by molar-refractivity contribution is 6.02. The van der Waals surface area contributed by atoms with Crippen LogP contribution in [0.2, 0.25) is 0 Å². The molecule has 0 amide bonds. The van der Waals surface area contributed by atoms with Crippen LogP contribution < -0.4 is 0 Å². The Kier molecular flexibility index (Phi) is 7.58. The fraction of sp³-hybridized carbons (Fsp3) is 0.0968. The van der Waals surface area contributed by atoms with E-state index in [1.807, 2.05) is 60.7 Å².